The molecule has 1 aromatic heterocycles. The van der Waals surface area contributed by atoms with Crippen molar-refractivity contribution in [3.8, 4) is 0 Å². The zero-order chi connectivity index (χ0) is 15.6. The third-order valence-electron chi connectivity index (χ3n) is 4.26. The number of nitrogens with zero attached hydrogens (tertiary/aromatic N) is 1. The molecule has 1 amide bonds. The molecule has 0 spiro atoms. The summed E-state index contributed by atoms with van der Waals surface area (Å²) in [6.45, 7) is 1.94. The van der Waals surface area contributed by atoms with E-state index in [4.69, 9.17) is 0 Å². The lowest BCUT2D eigenvalue weighted by molar-refractivity contribution is -0.125. The van der Waals surface area contributed by atoms with Crippen molar-refractivity contribution >= 4 is 22.6 Å². The van der Waals surface area contributed by atoms with Gasteiger partial charge in [0.05, 0.1) is 17.5 Å². The zero-order valence-corrected chi connectivity index (χ0v) is 12.7. The summed E-state index contributed by atoms with van der Waals surface area (Å²) in [4.78, 5) is 16.5. The van der Waals surface area contributed by atoms with Crippen molar-refractivity contribution < 1.29 is 9.90 Å². The Hall–Kier alpha value is -2.14. The van der Waals surface area contributed by atoms with Gasteiger partial charge in [-0.1, -0.05) is 31.0 Å². The number of rotatable bonds is 4. The van der Waals surface area contributed by atoms with Gasteiger partial charge < -0.3 is 5.11 Å². The molecule has 1 fully saturated rings. The van der Waals surface area contributed by atoms with E-state index in [-0.39, 0.29) is 12.3 Å². The van der Waals surface area contributed by atoms with E-state index in [1.165, 1.54) is 0 Å². The Morgan fingerprint density at radius 2 is 2.05 bits per heavy atom. The van der Waals surface area contributed by atoms with Gasteiger partial charge in [-0.2, -0.15) is 0 Å². The normalized spacial score (nSPS) is 16.6. The van der Waals surface area contributed by atoms with Crippen molar-refractivity contribution in [3.63, 3.8) is 0 Å². The highest BCUT2D eigenvalue weighted by Gasteiger charge is 2.33. The predicted molar refractivity (Wildman–Crippen MR) is 86.3 cm³/mol. The fourth-order valence-electron chi connectivity index (χ4n) is 3.03. The molecule has 0 saturated heterocycles. The SMILES string of the molecule is Cc1cc2ccccc2nc1NNC(=O)CC1(O)CCCC1. The molecule has 0 radical (unpaired) electrons. The molecule has 5 nitrogen and oxygen atoms in total. The fourth-order valence-corrected chi connectivity index (χ4v) is 3.03. The Morgan fingerprint density at radius 3 is 2.82 bits per heavy atom. The van der Waals surface area contributed by atoms with Gasteiger partial charge in [0, 0.05) is 5.39 Å². The third kappa shape index (κ3) is 3.20. The van der Waals surface area contributed by atoms with Gasteiger partial charge >= 0.3 is 0 Å². The van der Waals surface area contributed by atoms with E-state index in [1.54, 1.807) is 0 Å². The van der Waals surface area contributed by atoms with E-state index < -0.39 is 5.60 Å². The minimum atomic E-state index is -0.836. The molecule has 1 aliphatic rings. The van der Waals surface area contributed by atoms with E-state index in [0.717, 1.165) is 29.3 Å². The molecule has 0 atom stereocenters. The van der Waals surface area contributed by atoms with Crippen molar-refractivity contribution in [2.75, 3.05) is 5.43 Å². The van der Waals surface area contributed by atoms with Crippen LogP contribution in [-0.4, -0.2) is 21.6 Å². The smallest absolute Gasteiger partial charge is 0.241 e. The number of pyridine rings is 1. The van der Waals surface area contributed by atoms with Gasteiger partial charge in [-0.25, -0.2) is 4.98 Å². The quantitative estimate of drug-likeness (QED) is 0.759. The van der Waals surface area contributed by atoms with Crippen LogP contribution in [0.25, 0.3) is 10.9 Å². The maximum Gasteiger partial charge on any atom is 0.241 e. The Kier molecular flexibility index (Phi) is 3.98. The number of aromatic nitrogens is 1. The number of hydrogen-bond acceptors (Lipinski definition) is 4. The number of aliphatic hydroxyl groups is 1. The number of nitrogens with one attached hydrogen (secondary N) is 2. The average molecular weight is 299 g/mol. The highest BCUT2D eigenvalue weighted by atomic mass is 16.3. The Morgan fingerprint density at radius 1 is 1.32 bits per heavy atom. The van der Waals surface area contributed by atoms with E-state index in [1.807, 2.05) is 37.3 Å². The molecule has 116 valence electrons. The minimum absolute atomic E-state index is 0.132. The molecule has 1 heterocycles. The van der Waals surface area contributed by atoms with Crippen LogP contribution < -0.4 is 10.9 Å². The highest BCUT2D eigenvalue weighted by molar-refractivity contribution is 5.82. The minimum Gasteiger partial charge on any atom is -0.389 e. The Bertz CT molecular complexity index is 693. The van der Waals surface area contributed by atoms with E-state index in [9.17, 15) is 9.90 Å². The maximum atomic E-state index is 12.0. The molecule has 1 aromatic carbocycles. The molecule has 22 heavy (non-hydrogen) atoms. The molecular formula is C17H21N3O2. The second-order valence-electron chi connectivity index (χ2n) is 6.13. The van der Waals surface area contributed by atoms with Crippen LogP contribution in [0.1, 0.15) is 37.7 Å². The number of hydrazine groups is 1. The first kappa shape index (κ1) is 14.8. The molecule has 1 saturated carbocycles. The summed E-state index contributed by atoms with van der Waals surface area (Å²) in [7, 11) is 0. The number of fused-ring (bicyclic) bond motifs is 1. The van der Waals surface area contributed by atoms with Gasteiger partial charge in [-0.3, -0.25) is 15.6 Å². The summed E-state index contributed by atoms with van der Waals surface area (Å²) in [6, 6.07) is 9.88. The first-order chi connectivity index (χ1) is 10.6. The molecule has 1 aliphatic carbocycles. The van der Waals surface area contributed by atoms with Crippen LogP contribution >= 0.6 is 0 Å². The fraction of sp³-hybridized carbons (Fsp3) is 0.412. The van der Waals surface area contributed by atoms with Crippen LogP contribution in [-0.2, 0) is 4.79 Å². The number of anilines is 1. The molecule has 3 N–H and O–H groups in total. The molecule has 0 bridgehead atoms. The lowest BCUT2D eigenvalue weighted by Gasteiger charge is -2.21. The maximum absolute atomic E-state index is 12.0. The zero-order valence-electron chi connectivity index (χ0n) is 12.7. The lowest BCUT2D eigenvalue weighted by atomic mass is 9.98. The third-order valence-corrected chi connectivity index (χ3v) is 4.26. The second-order valence-corrected chi connectivity index (χ2v) is 6.13. The van der Waals surface area contributed by atoms with Crippen molar-refractivity contribution in [3.05, 3.63) is 35.9 Å². The number of hydrogen-bond donors (Lipinski definition) is 3. The van der Waals surface area contributed by atoms with E-state index in [0.29, 0.717) is 18.7 Å². The number of aryl methyl sites for hydroxylation is 1. The highest BCUT2D eigenvalue weighted by Crippen LogP contribution is 2.32. The van der Waals surface area contributed by atoms with Crippen molar-refractivity contribution in [1.29, 1.82) is 0 Å². The number of carbonyl (C=O) groups excluding carboxylic acids is 1. The second kappa shape index (κ2) is 5.93. The number of carbonyl (C=O) groups is 1. The van der Waals surface area contributed by atoms with Crippen molar-refractivity contribution in [2.45, 2.75) is 44.6 Å². The Balaban J connectivity index is 1.65. The van der Waals surface area contributed by atoms with Gasteiger partial charge in [0.2, 0.25) is 5.91 Å². The summed E-state index contributed by atoms with van der Waals surface area (Å²) in [5, 5.41) is 11.3. The van der Waals surface area contributed by atoms with E-state index >= 15 is 0 Å². The van der Waals surface area contributed by atoms with Gasteiger partial charge in [0.15, 0.2) is 0 Å². The van der Waals surface area contributed by atoms with Crippen LogP contribution in [0.5, 0.6) is 0 Å². The van der Waals surface area contributed by atoms with Crippen LogP contribution in [0.3, 0.4) is 0 Å². The molecule has 2 aromatic rings. The molecule has 3 rings (SSSR count). The van der Waals surface area contributed by atoms with Crippen LogP contribution in [0, 0.1) is 6.92 Å². The summed E-state index contributed by atoms with van der Waals surface area (Å²) in [6.07, 6.45) is 3.51. The molecule has 5 heteroatoms. The van der Waals surface area contributed by atoms with Gasteiger partial charge in [-0.05, 0) is 37.5 Å². The number of amides is 1. The summed E-state index contributed by atoms with van der Waals surface area (Å²) in [5.41, 5.74) is 6.52. The van der Waals surface area contributed by atoms with Crippen LogP contribution in [0.2, 0.25) is 0 Å². The van der Waals surface area contributed by atoms with E-state index in [2.05, 4.69) is 15.8 Å². The largest absolute Gasteiger partial charge is 0.389 e. The van der Waals surface area contributed by atoms with Crippen molar-refractivity contribution in [1.82, 2.24) is 10.4 Å². The molecule has 0 aliphatic heterocycles. The predicted octanol–water partition coefficient (Wildman–Crippen LogP) is 2.68. The average Bonchev–Trinajstić information content (AvgIpc) is 2.91. The molecular weight excluding hydrogens is 278 g/mol. The summed E-state index contributed by atoms with van der Waals surface area (Å²) >= 11 is 0. The monoisotopic (exact) mass is 299 g/mol. The Labute approximate surface area is 129 Å². The standard InChI is InChI=1S/C17H21N3O2/c1-12-10-13-6-2-3-7-14(13)18-16(12)20-19-15(21)11-17(22)8-4-5-9-17/h2-3,6-7,10,22H,4-5,8-9,11H2,1H3,(H,18,20)(H,19,21). The number of para-hydroxylation sites is 1. The summed E-state index contributed by atoms with van der Waals surface area (Å²) in [5.74, 6) is 0.421. The van der Waals surface area contributed by atoms with Crippen molar-refractivity contribution in [2.24, 2.45) is 0 Å². The van der Waals surface area contributed by atoms with Crippen LogP contribution in [0.15, 0.2) is 30.3 Å². The number of benzene rings is 1. The van der Waals surface area contributed by atoms with Gasteiger partial charge in [0.25, 0.3) is 0 Å². The first-order valence-electron chi connectivity index (χ1n) is 7.69. The topological polar surface area (TPSA) is 74.2 Å². The van der Waals surface area contributed by atoms with Gasteiger partial charge in [0.1, 0.15) is 5.82 Å². The van der Waals surface area contributed by atoms with Gasteiger partial charge in [-0.15, -0.1) is 0 Å². The molecule has 0 unspecified atom stereocenters. The van der Waals surface area contributed by atoms with Crippen LogP contribution in [0.4, 0.5) is 5.82 Å². The summed E-state index contributed by atoms with van der Waals surface area (Å²) < 4.78 is 0. The first-order valence-corrected chi connectivity index (χ1v) is 7.69. The lowest BCUT2D eigenvalue weighted by Crippen LogP contribution is -2.37.